The molecule has 0 aliphatic heterocycles. The minimum absolute atomic E-state index is 0.193. The Labute approximate surface area is 179 Å². The molecule has 5 heteroatoms. The Morgan fingerprint density at radius 2 is 1.73 bits per heavy atom. The Balaban J connectivity index is 1.62. The summed E-state index contributed by atoms with van der Waals surface area (Å²) in [6, 6.07) is 12.2. The second-order valence-corrected chi connectivity index (χ2v) is 7.66. The van der Waals surface area contributed by atoms with Crippen LogP contribution in [-0.4, -0.2) is 27.4 Å². The Kier molecular flexibility index (Phi) is 8.07. The van der Waals surface area contributed by atoms with E-state index in [-0.39, 0.29) is 5.91 Å². The van der Waals surface area contributed by atoms with Gasteiger partial charge in [0.2, 0.25) is 5.91 Å². The molecule has 0 atom stereocenters. The van der Waals surface area contributed by atoms with Crippen molar-refractivity contribution in [1.29, 1.82) is 0 Å². The number of nitrogens with zero attached hydrogens (tertiary/aromatic N) is 4. The van der Waals surface area contributed by atoms with Crippen LogP contribution in [0.2, 0.25) is 0 Å². The zero-order chi connectivity index (χ0) is 21.2. The fourth-order valence-electron chi connectivity index (χ4n) is 3.76. The Hall–Kier alpha value is -3.08. The monoisotopic (exact) mass is 402 g/mol. The zero-order valence-electron chi connectivity index (χ0n) is 17.9. The van der Waals surface area contributed by atoms with Crippen LogP contribution in [0, 0.1) is 13.8 Å². The highest BCUT2D eigenvalue weighted by Gasteiger charge is 2.19. The highest BCUT2D eigenvalue weighted by atomic mass is 16.2. The third-order valence-electron chi connectivity index (χ3n) is 5.30. The molecule has 3 aromatic rings. The Morgan fingerprint density at radius 1 is 0.900 bits per heavy atom. The lowest BCUT2D eigenvalue weighted by atomic mass is 10.0. The molecule has 2 aromatic heterocycles. The third-order valence-corrected chi connectivity index (χ3v) is 5.30. The highest BCUT2D eigenvalue weighted by Crippen LogP contribution is 2.26. The zero-order valence-corrected chi connectivity index (χ0v) is 17.9. The molecule has 0 N–H and O–H groups in total. The lowest BCUT2D eigenvalue weighted by Crippen LogP contribution is -2.33. The van der Waals surface area contributed by atoms with E-state index in [0.717, 1.165) is 61.2 Å². The lowest BCUT2D eigenvalue weighted by Gasteiger charge is -2.26. The molecule has 1 aromatic carbocycles. The maximum absolute atomic E-state index is 13.2. The molecule has 3 rings (SSSR count). The van der Waals surface area contributed by atoms with Gasteiger partial charge in [0.25, 0.3) is 0 Å². The minimum atomic E-state index is 0.193. The van der Waals surface area contributed by atoms with Crippen molar-refractivity contribution in [3.8, 4) is 0 Å². The molecule has 5 nitrogen and oxygen atoms in total. The number of anilines is 1. The second kappa shape index (κ2) is 11.2. The first kappa shape index (κ1) is 21.6. The molecule has 0 fully saturated rings. The van der Waals surface area contributed by atoms with E-state index < -0.39 is 0 Å². The van der Waals surface area contributed by atoms with Gasteiger partial charge in [-0.25, -0.2) is 9.97 Å². The molecule has 156 valence electrons. The summed E-state index contributed by atoms with van der Waals surface area (Å²) in [7, 11) is 0. The number of unbranched alkanes of at least 4 members (excludes halogenated alkanes) is 1. The lowest BCUT2D eigenvalue weighted by molar-refractivity contribution is -0.118. The number of benzene rings is 1. The summed E-state index contributed by atoms with van der Waals surface area (Å²) >= 11 is 0. The first-order chi connectivity index (χ1) is 14.6. The van der Waals surface area contributed by atoms with Crippen LogP contribution in [0.15, 0.2) is 61.3 Å². The van der Waals surface area contributed by atoms with E-state index in [1.165, 1.54) is 5.56 Å². The molecule has 0 unspecified atom stereocenters. The number of amides is 1. The minimum Gasteiger partial charge on any atom is -0.312 e. The number of hydrogen-bond acceptors (Lipinski definition) is 4. The molecule has 0 saturated heterocycles. The number of pyridine rings is 1. The predicted octanol–water partition coefficient (Wildman–Crippen LogP) is 4.87. The molecule has 30 heavy (non-hydrogen) atoms. The van der Waals surface area contributed by atoms with Crippen molar-refractivity contribution >= 4 is 11.6 Å². The van der Waals surface area contributed by atoms with E-state index in [0.29, 0.717) is 6.42 Å². The van der Waals surface area contributed by atoms with Crippen LogP contribution in [-0.2, 0) is 17.6 Å². The number of rotatable bonds is 10. The summed E-state index contributed by atoms with van der Waals surface area (Å²) in [6.45, 7) is 4.89. The quantitative estimate of drug-likeness (QED) is 0.454. The number of para-hydroxylation sites is 1. The van der Waals surface area contributed by atoms with Gasteiger partial charge in [-0.2, -0.15) is 0 Å². The highest BCUT2D eigenvalue weighted by molar-refractivity contribution is 5.94. The van der Waals surface area contributed by atoms with Crippen molar-refractivity contribution in [2.24, 2.45) is 0 Å². The molecule has 0 bridgehead atoms. The van der Waals surface area contributed by atoms with Gasteiger partial charge < -0.3 is 4.90 Å². The normalized spacial score (nSPS) is 10.7. The average Bonchev–Trinajstić information content (AvgIpc) is 2.76. The van der Waals surface area contributed by atoms with Crippen molar-refractivity contribution in [3.05, 3.63) is 83.7 Å². The van der Waals surface area contributed by atoms with Crippen molar-refractivity contribution in [1.82, 2.24) is 15.0 Å². The molecular weight excluding hydrogens is 372 g/mol. The number of carbonyl (C=O) groups is 1. The van der Waals surface area contributed by atoms with Gasteiger partial charge in [-0.1, -0.05) is 24.3 Å². The van der Waals surface area contributed by atoms with Gasteiger partial charge in [0.1, 0.15) is 6.33 Å². The molecular formula is C25H30N4O. The molecule has 0 radical (unpaired) electrons. The molecule has 0 saturated carbocycles. The Morgan fingerprint density at radius 3 is 2.43 bits per heavy atom. The number of hydrogen-bond donors (Lipinski definition) is 0. The van der Waals surface area contributed by atoms with E-state index in [4.69, 9.17) is 0 Å². The fourth-order valence-corrected chi connectivity index (χ4v) is 3.76. The summed E-state index contributed by atoms with van der Waals surface area (Å²) < 4.78 is 0. The van der Waals surface area contributed by atoms with Crippen molar-refractivity contribution < 1.29 is 4.79 Å². The van der Waals surface area contributed by atoms with Gasteiger partial charge in [-0.3, -0.25) is 9.78 Å². The van der Waals surface area contributed by atoms with Gasteiger partial charge in [0, 0.05) is 42.9 Å². The van der Waals surface area contributed by atoms with Crippen LogP contribution in [0.1, 0.15) is 48.1 Å². The van der Waals surface area contributed by atoms with Gasteiger partial charge in [0.15, 0.2) is 0 Å². The standard InChI is InChI=1S/C25H30N4O/c1-20-8-5-9-21(2)25(20)29(17-4-3-12-23-14-16-27-19-28-23)24(30)13-6-10-22-11-7-15-26-18-22/h5,7-9,11,14-16,18-19H,3-4,6,10,12-13,17H2,1-2H3. The van der Waals surface area contributed by atoms with Gasteiger partial charge in [-0.15, -0.1) is 0 Å². The molecule has 0 aliphatic carbocycles. The van der Waals surface area contributed by atoms with Crippen LogP contribution in [0.5, 0.6) is 0 Å². The third kappa shape index (κ3) is 6.21. The predicted molar refractivity (Wildman–Crippen MR) is 120 cm³/mol. The van der Waals surface area contributed by atoms with Gasteiger partial charge in [-0.05, 0) is 74.8 Å². The maximum Gasteiger partial charge on any atom is 0.227 e. The van der Waals surface area contributed by atoms with Crippen LogP contribution in [0.25, 0.3) is 0 Å². The van der Waals surface area contributed by atoms with Crippen molar-refractivity contribution in [2.75, 3.05) is 11.4 Å². The van der Waals surface area contributed by atoms with Crippen LogP contribution >= 0.6 is 0 Å². The average molecular weight is 403 g/mol. The Bertz CT molecular complexity index is 908. The number of aryl methyl sites for hydroxylation is 4. The molecule has 0 aliphatic rings. The van der Waals surface area contributed by atoms with Gasteiger partial charge >= 0.3 is 0 Å². The summed E-state index contributed by atoms with van der Waals surface area (Å²) in [5.74, 6) is 0.193. The van der Waals surface area contributed by atoms with Gasteiger partial charge in [0.05, 0.1) is 0 Å². The van der Waals surface area contributed by atoms with Crippen LogP contribution < -0.4 is 4.90 Å². The fraction of sp³-hybridized carbons (Fsp3) is 0.360. The number of carbonyl (C=O) groups excluding carboxylic acids is 1. The largest absolute Gasteiger partial charge is 0.312 e. The second-order valence-electron chi connectivity index (χ2n) is 7.66. The van der Waals surface area contributed by atoms with Crippen LogP contribution in [0.4, 0.5) is 5.69 Å². The maximum atomic E-state index is 13.2. The summed E-state index contributed by atoms with van der Waals surface area (Å²) in [5.41, 5.74) is 5.57. The van der Waals surface area contributed by atoms with E-state index >= 15 is 0 Å². The summed E-state index contributed by atoms with van der Waals surface area (Å²) in [4.78, 5) is 27.6. The summed E-state index contributed by atoms with van der Waals surface area (Å²) in [6.07, 6.45) is 12.1. The number of aromatic nitrogens is 3. The first-order valence-corrected chi connectivity index (χ1v) is 10.7. The topological polar surface area (TPSA) is 59.0 Å². The van der Waals surface area contributed by atoms with Crippen molar-refractivity contribution in [3.63, 3.8) is 0 Å². The smallest absolute Gasteiger partial charge is 0.227 e. The van der Waals surface area contributed by atoms with E-state index in [1.807, 2.05) is 29.3 Å². The first-order valence-electron chi connectivity index (χ1n) is 10.7. The van der Waals surface area contributed by atoms with Crippen LogP contribution in [0.3, 0.4) is 0 Å². The summed E-state index contributed by atoms with van der Waals surface area (Å²) in [5, 5.41) is 0. The van der Waals surface area contributed by atoms with E-state index in [2.05, 4.69) is 47.0 Å². The van der Waals surface area contributed by atoms with Crippen molar-refractivity contribution in [2.45, 2.75) is 52.4 Å². The molecule has 2 heterocycles. The SMILES string of the molecule is Cc1cccc(C)c1N(CCCCc1ccncn1)C(=O)CCCc1cccnc1. The van der Waals surface area contributed by atoms with E-state index in [9.17, 15) is 4.79 Å². The molecule has 0 spiro atoms. The molecule has 1 amide bonds. The van der Waals surface area contributed by atoms with E-state index in [1.54, 1.807) is 18.7 Å².